The van der Waals surface area contributed by atoms with Gasteiger partial charge in [-0.25, -0.2) is 0 Å². The maximum atomic E-state index is 12.1. The first-order chi connectivity index (χ1) is 8.98. The fourth-order valence-electron chi connectivity index (χ4n) is 1.67. The van der Waals surface area contributed by atoms with E-state index in [9.17, 15) is 4.79 Å². The molecule has 0 fully saturated rings. The fraction of sp³-hybridized carbons (Fsp3) is 0.533. The number of rotatable bonds is 7. The fourth-order valence-corrected chi connectivity index (χ4v) is 1.67. The zero-order chi connectivity index (χ0) is 14.3. The van der Waals surface area contributed by atoms with Gasteiger partial charge < -0.3 is 15.2 Å². The predicted molar refractivity (Wildman–Crippen MR) is 75.5 cm³/mol. The average molecular weight is 265 g/mol. The van der Waals surface area contributed by atoms with Crippen LogP contribution in [0.5, 0.6) is 5.75 Å². The molecule has 0 atom stereocenters. The molecule has 2 N–H and O–H groups in total. The van der Waals surface area contributed by atoms with Gasteiger partial charge in [0.2, 0.25) is 0 Å². The molecule has 0 unspecified atom stereocenters. The second-order valence-corrected chi connectivity index (χ2v) is 5.19. The number of benzene rings is 1. The monoisotopic (exact) mass is 265 g/mol. The maximum absolute atomic E-state index is 12.1. The van der Waals surface area contributed by atoms with Gasteiger partial charge in [-0.3, -0.25) is 4.79 Å². The van der Waals surface area contributed by atoms with Gasteiger partial charge in [0.05, 0.1) is 6.61 Å². The number of hydrogen-bond donors (Lipinski definition) is 2. The van der Waals surface area contributed by atoms with Gasteiger partial charge in [-0.2, -0.15) is 0 Å². The summed E-state index contributed by atoms with van der Waals surface area (Å²) in [6, 6.07) is 7.13. The number of hydrogen-bond acceptors (Lipinski definition) is 3. The highest BCUT2D eigenvalue weighted by atomic mass is 16.5. The molecule has 1 amide bonds. The van der Waals surface area contributed by atoms with Crippen molar-refractivity contribution < 1.29 is 14.6 Å². The summed E-state index contributed by atoms with van der Waals surface area (Å²) in [7, 11) is 0. The number of carbonyl (C=O) groups is 1. The Balaban J connectivity index is 2.71. The standard InChI is InChI=1S/C15H23NO3/c1-4-10-19-13-7-5-6-12(11-13)14(18)16-15(2,3)8-9-17/h5-7,11,17H,4,8-10H2,1-3H3,(H,16,18). The first-order valence-corrected chi connectivity index (χ1v) is 6.65. The summed E-state index contributed by atoms with van der Waals surface area (Å²) in [5.41, 5.74) is 0.145. The van der Waals surface area contributed by atoms with Crippen LogP contribution in [0, 0.1) is 0 Å². The topological polar surface area (TPSA) is 58.6 Å². The van der Waals surface area contributed by atoms with Crippen LogP contribution in [0.3, 0.4) is 0 Å². The lowest BCUT2D eigenvalue weighted by Crippen LogP contribution is -2.44. The van der Waals surface area contributed by atoms with E-state index in [1.165, 1.54) is 0 Å². The minimum Gasteiger partial charge on any atom is -0.494 e. The predicted octanol–water partition coefficient (Wildman–Crippen LogP) is 2.37. The molecule has 0 aliphatic carbocycles. The minimum atomic E-state index is -0.424. The Hall–Kier alpha value is -1.55. The van der Waals surface area contributed by atoms with Crippen molar-refractivity contribution >= 4 is 5.91 Å². The number of amides is 1. The Bertz CT molecular complexity index is 416. The first-order valence-electron chi connectivity index (χ1n) is 6.65. The molecule has 0 radical (unpaired) electrons. The molecule has 0 bridgehead atoms. The molecule has 4 heteroatoms. The first kappa shape index (κ1) is 15.5. The molecule has 0 saturated heterocycles. The van der Waals surface area contributed by atoms with Crippen molar-refractivity contribution in [3.63, 3.8) is 0 Å². The zero-order valence-corrected chi connectivity index (χ0v) is 11.9. The van der Waals surface area contributed by atoms with E-state index < -0.39 is 5.54 Å². The third-order valence-electron chi connectivity index (χ3n) is 2.76. The van der Waals surface area contributed by atoms with Gasteiger partial charge in [0, 0.05) is 17.7 Å². The Morgan fingerprint density at radius 3 is 2.79 bits per heavy atom. The zero-order valence-electron chi connectivity index (χ0n) is 11.9. The lowest BCUT2D eigenvalue weighted by Gasteiger charge is -2.25. The molecule has 1 aromatic rings. The summed E-state index contributed by atoms with van der Waals surface area (Å²) in [4.78, 5) is 12.1. The molecule has 0 aliphatic rings. The highest BCUT2D eigenvalue weighted by Crippen LogP contribution is 2.15. The van der Waals surface area contributed by atoms with Gasteiger partial charge in [-0.1, -0.05) is 13.0 Å². The molecule has 1 rings (SSSR count). The SMILES string of the molecule is CCCOc1cccc(C(=O)NC(C)(C)CCO)c1. The van der Waals surface area contributed by atoms with Crippen LogP contribution in [0.1, 0.15) is 44.0 Å². The second-order valence-electron chi connectivity index (χ2n) is 5.19. The van der Waals surface area contributed by atoms with Crippen LogP contribution in [0.15, 0.2) is 24.3 Å². The van der Waals surface area contributed by atoms with Crippen molar-refractivity contribution in [3.05, 3.63) is 29.8 Å². The van der Waals surface area contributed by atoms with Crippen molar-refractivity contribution in [2.24, 2.45) is 0 Å². The molecule has 0 spiro atoms. The number of aliphatic hydroxyl groups is 1. The van der Waals surface area contributed by atoms with Crippen molar-refractivity contribution in [1.29, 1.82) is 0 Å². The van der Waals surface area contributed by atoms with Crippen molar-refractivity contribution in [2.45, 2.75) is 39.2 Å². The van der Waals surface area contributed by atoms with E-state index in [4.69, 9.17) is 9.84 Å². The Labute approximate surface area is 114 Å². The highest BCUT2D eigenvalue weighted by Gasteiger charge is 2.20. The smallest absolute Gasteiger partial charge is 0.251 e. The van der Waals surface area contributed by atoms with E-state index in [2.05, 4.69) is 5.32 Å². The molecule has 0 aromatic heterocycles. The van der Waals surface area contributed by atoms with Crippen LogP contribution in [-0.4, -0.2) is 29.8 Å². The highest BCUT2D eigenvalue weighted by molar-refractivity contribution is 5.95. The molecule has 19 heavy (non-hydrogen) atoms. The molecule has 0 heterocycles. The Kier molecular flexibility index (Phi) is 5.83. The lowest BCUT2D eigenvalue weighted by molar-refractivity contribution is 0.0899. The van der Waals surface area contributed by atoms with Gasteiger partial charge in [0.1, 0.15) is 5.75 Å². The third kappa shape index (κ3) is 5.30. The van der Waals surface area contributed by atoms with Gasteiger partial charge in [-0.15, -0.1) is 0 Å². The normalized spacial score (nSPS) is 11.2. The lowest BCUT2D eigenvalue weighted by atomic mass is 10.0. The van der Waals surface area contributed by atoms with E-state index in [1.807, 2.05) is 26.8 Å². The van der Waals surface area contributed by atoms with Crippen LogP contribution >= 0.6 is 0 Å². The molecular weight excluding hydrogens is 242 g/mol. The largest absolute Gasteiger partial charge is 0.494 e. The molecule has 106 valence electrons. The summed E-state index contributed by atoms with van der Waals surface area (Å²) in [5, 5.41) is 11.9. The van der Waals surface area contributed by atoms with E-state index in [0.29, 0.717) is 24.3 Å². The number of ether oxygens (including phenoxy) is 1. The molecule has 0 saturated carbocycles. The Morgan fingerprint density at radius 1 is 1.42 bits per heavy atom. The maximum Gasteiger partial charge on any atom is 0.251 e. The summed E-state index contributed by atoms with van der Waals surface area (Å²) >= 11 is 0. The summed E-state index contributed by atoms with van der Waals surface area (Å²) in [6.07, 6.45) is 1.45. The minimum absolute atomic E-state index is 0.0485. The van der Waals surface area contributed by atoms with Crippen molar-refractivity contribution in [1.82, 2.24) is 5.32 Å². The number of aliphatic hydroxyl groups excluding tert-OH is 1. The van der Waals surface area contributed by atoms with Crippen LogP contribution < -0.4 is 10.1 Å². The summed E-state index contributed by atoms with van der Waals surface area (Å²) in [6.45, 7) is 6.50. The van der Waals surface area contributed by atoms with Gasteiger partial charge in [0.15, 0.2) is 0 Å². The van der Waals surface area contributed by atoms with Crippen LogP contribution in [-0.2, 0) is 0 Å². The van der Waals surface area contributed by atoms with E-state index in [0.717, 1.165) is 6.42 Å². The summed E-state index contributed by atoms with van der Waals surface area (Å²) < 4.78 is 5.50. The van der Waals surface area contributed by atoms with Gasteiger partial charge in [0.25, 0.3) is 5.91 Å². The van der Waals surface area contributed by atoms with Crippen molar-refractivity contribution in [3.8, 4) is 5.75 Å². The van der Waals surface area contributed by atoms with E-state index in [1.54, 1.807) is 18.2 Å². The molecular formula is C15H23NO3. The molecule has 0 aliphatic heterocycles. The Morgan fingerprint density at radius 2 is 2.16 bits per heavy atom. The third-order valence-corrected chi connectivity index (χ3v) is 2.76. The van der Waals surface area contributed by atoms with Crippen LogP contribution in [0.2, 0.25) is 0 Å². The van der Waals surface area contributed by atoms with Crippen LogP contribution in [0.4, 0.5) is 0 Å². The quantitative estimate of drug-likeness (QED) is 0.795. The molecule has 4 nitrogen and oxygen atoms in total. The summed E-state index contributed by atoms with van der Waals surface area (Å²) in [5.74, 6) is 0.551. The van der Waals surface area contributed by atoms with Gasteiger partial charge >= 0.3 is 0 Å². The van der Waals surface area contributed by atoms with Crippen molar-refractivity contribution in [2.75, 3.05) is 13.2 Å². The van der Waals surface area contributed by atoms with Crippen LogP contribution in [0.25, 0.3) is 0 Å². The average Bonchev–Trinajstić information content (AvgIpc) is 2.36. The van der Waals surface area contributed by atoms with Gasteiger partial charge in [-0.05, 0) is 44.9 Å². The van der Waals surface area contributed by atoms with E-state index in [-0.39, 0.29) is 12.5 Å². The molecule has 1 aromatic carbocycles. The number of carbonyl (C=O) groups excluding carboxylic acids is 1. The second kappa shape index (κ2) is 7.14. The van der Waals surface area contributed by atoms with E-state index >= 15 is 0 Å². The number of nitrogens with one attached hydrogen (secondary N) is 1.